The van der Waals surface area contributed by atoms with Crippen molar-refractivity contribution in [2.24, 2.45) is 0 Å². The molecule has 0 saturated carbocycles. The van der Waals surface area contributed by atoms with Crippen molar-refractivity contribution in [2.45, 2.75) is 18.9 Å². The van der Waals surface area contributed by atoms with E-state index in [2.05, 4.69) is 0 Å². The van der Waals surface area contributed by atoms with Gasteiger partial charge < -0.3 is 14.9 Å². The van der Waals surface area contributed by atoms with Gasteiger partial charge in [0.25, 0.3) is 0 Å². The van der Waals surface area contributed by atoms with Crippen molar-refractivity contribution in [1.82, 2.24) is 0 Å². The fourth-order valence-electron chi connectivity index (χ4n) is 1.56. The Morgan fingerprint density at radius 1 is 1.53 bits per heavy atom. The second-order valence-electron chi connectivity index (χ2n) is 3.61. The molecule has 0 aliphatic rings. The van der Waals surface area contributed by atoms with Gasteiger partial charge in [-0.05, 0) is 30.5 Å². The number of aliphatic carboxylic acids is 1. The van der Waals surface area contributed by atoms with Crippen LogP contribution in [0.5, 0.6) is 5.75 Å². The third-order valence-electron chi connectivity index (χ3n) is 2.42. The zero-order valence-electron chi connectivity index (χ0n) is 9.52. The van der Waals surface area contributed by atoms with Gasteiger partial charge in [0, 0.05) is 11.4 Å². The molecule has 17 heavy (non-hydrogen) atoms. The van der Waals surface area contributed by atoms with Crippen molar-refractivity contribution in [3.05, 3.63) is 29.3 Å². The predicted molar refractivity (Wildman–Crippen MR) is 64.6 cm³/mol. The lowest BCUT2D eigenvalue weighted by molar-refractivity contribution is -0.147. The molecule has 0 bridgehead atoms. The van der Waals surface area contributed by atoms with Crippen molar-refractivity contribution < 1.29 is 19.7 Å². The van der Waals surface area contributed by atoms with Crippen LogP contribution in [-0.2, 0) is 11.2 Å². The van der Waals surface area contributed by atoms with Gasteiger partial charge >= 0.3 is 5.97 Å². The number of alkyl halides is 1. The first-order valence-electron chi connectivity index (χ1n) is 5.23. The third kappa shape index (κ3) is 3.61. The molecule has 0 amide bonds. The van der Waals surface area contributed by atoms with Crippen LogP contribution in [0.4, 0.5) is 0 Å². The highest BCUT2D eigenvalue weighted by molar-refractivity contribution is 6.17. The molecule has 1 rings (SSSR count). The molecule has 1 atom stereocenters. The Hall–Kier alpha value is -1.26. The van der Waals surface area contributed by atoms with E-state index in [1.54, 1.807) is 12.1 Å². The van der Waals surface area contributed by atoms with Gasteiger partial charge in [0.2, 0.25) is 0 Å². The van der Waals surface area contributed by atoms with Crippen molar-refractivity contribution in [1.29, 1.82) is 0 Å². The smallest absolute Gasteiger partial charge is 0.337 e. The van der Waals surface area contributed by atoms with Gasteiger partial charge in [0.15, 0.2) is 6.10 Å². The molecule has 0 aromatic heterocycles. The molecule has 0 spiro atoms. The summed E-state index contributed by atoms with van der Waals surface area (Å²) in [6, 6.07) is 5.14. The van der Waals surface area contributed by atoms with E-state index in [4.69, 9.17) is 21.4 Å². The lowest BCUT2D eigenvalue weighted by atomic mass is 10.0. The summed E-state index contributed by atoms with van der Waals surface area (Å²) >= 11 is 5.59. The van der Waals surface area contributed by atoms with Crippen molar-refractivity contribution in [2.75, 3.05) is 13.0 Å². The van der Waals surface area contributed by atoms with Crippen LogP contribution in [0.25, 0.3) is 0 Å². The van der Waals surface area contributed by atoms with Crippen LogP contribution < -0.4 is 4.74 Å². The number of benzene rings is 1. The molecule has 0 aliphatic carbocycles. The number of carboxylic acids is 1. The molecule has 1 unspecified atom stereocenters. The fraction of sp³-hybridized carbons (Fsp3) is 0.417. The van der Waals surface area contributed by atoms with Gasteiger partial charge in [0.1, 0.15) is 5.75 Å². The summed E-state index contributed by atoms with van der Waals surface area (Å²) in [5, 5.41) is 18.3. The maximum atomic E-state index is 10.8. The van der Waals surface area contributed by atoms with E-state index < -0.39 is 12.1 Å². The summed E-state index contributed by atoms with van der Waals surface area (Å²) in [7, 11) is 1.44. The molecule has 1 aromatic carbocycles. The highest BCUT2D eigenvalue weighted by atomic mass is 35.5. The van der Waals surface area contributed by atoms with Crippen LogP contribution >= 0.6 is 11.6 Å². The standard InChI is InChI=1S/C12H15ClO4/c1-17-10-5-4-8(3-2-6-13)7-9(10)11(14)12(15)16/h4-5,7,11,14H,2-3,6H2,1H3,(H,15,16). The number of carbonyl (C=O) groups is 1. The molecule has 0 fully saturated rings. The minimum Gasteiger partial charge on any atom is -0.496 e. The van der Waals surface area contributed by atoms with Crippen LogP contribution in [0.15, 0.2) is 18.2 Å². The topological polar surface area (TPSA) is 66.8 Å². The average Bonchev–Trinajstić information content (AvgIpc) is 2.34. The number of aryl methyl sites for hydroxylation is 1. The van der Waals surface area contributed by atoms with Gasteiger partial charge in [-0.15, -0.1) is 11.6 Å². The van der Waals surface area contributed by atoms with Crippen LogP contribution in [0.2, 0.25) is 0 Å². The number of aliphatic hydroxyl groups excluding tert-OH is 1. The number of hydrogen-bond donors (Lipinski definition) is 2. The first-order chi connectivity index (χ1) is 8.10. The Kier molecular flexibility index (Phi) is 5.25. The predicted octanol–water partition coefficient (Wildman–Crippen LogP) is 1.98. The largest absolute Gasteiger partial charge is 0.496 e. The summed E-state index contributed by atoms with van der Waals surface area (Å²) in [5.41, 5.74) is 1.20. The Morgan fingerprint density at radius 2 is 2.24 bits per heavy atom. The molecule has 0 aliphatic heterocycles. The zero-order chi connectivity index (χ0) is 12.8. The number of methoxy groups -OCH3 is 1. The maximum Gasteiger partial charge on any atom is 0.337 e. The molecule has 5 heteroatoms. The summed E-state index contributed by atoms with van der Waals surface area (Å²) in [4.78, 5) is 10.8. The highest BCUT2D eigenvalue weighted by Crippen LogP contribution is 2.27. The Balaban J connectivity index is 3.01. The van der Waals surface area contributed by atoms with E-state index in [0.717, 1.165) is 18.4 Å². The molecule has 94 valence electrons. The summed E-state index contributed by atoms with van der Waals surface area (Å²) in [6.45, 7) is 0. The average molecular weight is 259 g/mol. The molecular weight excluding hydrogens is 244 g/mol. The van der Waals surface area contributed by atoms with E-state index in [0.29, 0.717) is 11.6 Å². The van der Waals surface area contributed by atoms with Crippen LogP contribution in [0.1, 0.15) is 23.7 Å². The number of carboxylic acid groups (broad SMARTS) is 1. The number of aliphatic hydroxyl groups is 1. The zero-order valence-corrected chi connectivity index (χ0v) is 10.3. The van der Waals surface area contributed by atoms with Crippen LogP contribution in [0, 0.1) is 0 Å². The van der Waals surface area contributed by atoms with E-state index in [-0.39, 0.29) is 5.56 Å². The van der Waals surface area contributed by atoms with Crippen LogP contribution in [0.3, 0.4) is 0 Å². The lowest BCUT2D eigenvalue weighted by Crippen LogP contribution is -2.12. The first kappa shape index (κ1) is 13.8. The van der Waals surface area contributed by atoms with E-state index >= 15 is 0 Å². The molecule has 1 aromatic rings. The molecule has 0 saturated heterocycles. The molecular formula is C12H15ClO4. The fourth-order valence-corrected chi connectivity index (χ4v) is 1.69. The Labute approximate surface area is 105 Å². The second-order valence-corrected chi connectivity index (χ2v) is 3.99. The first-order valence-corrected chi connectivity index (χ1v) is 5.77. The van der Waals surface area contributed by atoms with Gasteiger partial charge in [-0.25, -0.2) is 4.79 Å². The highest BCUT2D eigenvalue weighted by Gasteiger charge is 2.20. The van der Waals surface area contributed by atoms with E-state index in [1.807, 2.05) is 6.07 Å². The van der Waals surface area contributed by atoms with Crippen molar-refractivity contribution >= 4 is 17.6 Å². The summed E-state index contributed by atoms with van der Waals surface area (Å²) in [6.07, 6.45) is -0.0236. The monoisotopic (exact) mass is 258 g/mol. The number of ether oxygens (including phenoxy) is 1. The second kappa shape index (κ2) is 6.47. The van der Waals surface area contributed by atoms with Gasteiger partial charge in [-0.1, -0.05) is 6.07 Å². The number of rotatable bonds is 6. The number of hydrogen-bond acceptors (Lipinski definition) is 3. The quantitative estimate of drug-likeness (QED) is 0.766. The molecule has 0 heterocycles. The van der Waals surface area contributed by atoms with Gasteiger partial charge in [-0.3, -0.25) is 0 Å². The Bertz CT molecular complexity index is 392. The maximum absolute atomic E-state index is 10.8. The number of halogens is 1. The van der Waals surface area contributed by atoms with Gasteiger partial charge in [0.05, 0.1) is 7.11 Å². The third-order valence-corrected chi connectivity index (χ3v) is 2.69. The van der Waals surface area contributed by atoms with Crippen molar-refractivity contribution in [3.63, 3.8) is 0 Å². The van der Waals surface area contributed by atoms with Crippen molar-refractivity contribution in [3.8, 4) is 5.75 Å². The summed E-state index contributed by atoms with van der Waals surface area (Å²) in [5.74, 6) is -0.379. The minimum absolute atomic E-state index is 0.270. The molecule has 2 N–H and O–H groups in total. The Morgan fingerprint density at radius 3 is 2.76 bits per heavy atom. The SMILES string of the molecule is COc1ccc(CCCCl)cc1C(O)C(=O)O. The minimum atomic E-state index is -1.57. The van der Waals surface area contributed by atoms with Gasteiger partial charge in [-0.2, -0.15) is 0 Å². The normalized spacial score (nSPS) is 12.2. The van der Waals surface area contributed by atoms with E-state index in [1.165, 1.54) is 7.11 Å². The van der Waals surface area contributed by atoms with Crippen LogP contribution in [-0.4, -0.2) is 29.2 Å². The molecule has 4 nitrogen and oxygen atoms in total. The van der Waals surface area contributed by atoms with E-state index in [9.17, 15) is 9.90 Å². The lowest BCUT2D eigenvalue weighted by Gasteiger charge is -2.13. The molecule has 0 radical (unpaired) electrons. The summed E-state index contributed by atoms with van der Waals surface area (Å²) < 4.78 is 5.03.